The van der Waals surface area contributed by atoms with Crippen LogP contribution in [0.3, 0.4) is 0 Å². The zero-order valence-corrected chi connectivity index (χ0v) is 21.3. The smallest absolute Gasteiger partial charge is 0.328 e. The third-order valence-corrected chi connectivity index (χ3v) is 7.82. The molecule has 0 aliphatic carbocycles. The van der Waals surface area contributed by atoms with E-state index in [4.69, 9.17) is 0 Å². The van der Waals surface area contributed by atoms with Crippen molar-refractivity contribution >= 4 is 34.7 Å². The van der Waals surface area contributed by atoms with Crippen LogP contribution in [0.2, 0.25) is 0 Å². The number of rotatable bonds is 6. The lowest BCUT2D eigenvalue weighted by molar-refractivity contribution is -0.384. The summed E-state index contributed by atoms with van der Waals surface area (Å²) in [7, 11) is 0. The lowest BCUT2D eigenvalue weighted by Crippen LogP contribution is -2.49. The molecular formula is C27H34N6O4. The van der Waals surface area contributed by atoms with E-state index in [1.807, 2.05) is 25.1 Å². The van der Waals surface area contributed by atoms with E-state index in [2.05, 4.69) is 32.1 Å². The molecule has 2 aromatic rings. The summed E-state index contributed by atoms with van der Waals surface area (Å²) in [6, 6.07) is 12.7. The van der Waals surface area contributed by atoms with Gasteiger partial charge in [-0.25, -0.2) is 4.79 Å². The van der Waals surface area contributed by atoms with Crippen LogP contribution in [-0.4, -0.2) is 74.1 Å². The van der Waals surface area contributed by atoms with E-state index in [-0.39, 0.29) is 22.5 Å². The predicted molar refractivity (Wildman–Crippen MR) is 143 cm³/mol. The number of nitro benzene ring substituents is 1. The number of aryl methyl sites for hydroxylation is 1. The number of non-ortho nitro benzene ring substituents is 1. The Morgan fingerprint density at radius 1 is 0.892 bits per heavy atom. The van der Waals surface area contributed by atoms with Crippen molar-refractivity contribution in [3.8, 4) is 0 Å². The number of nitrogens with one attached hydrogen (secondary N) is 1. The van der Waals surface area contributed by atoms with Crippen LogP contribution >= 0.6 is 0 Å². The van der Waals surface area contributed by atoms with Gasteiger partial charge >= 0.3 is 6.03 Å². The van der Waals surface area contributed by atoms with Crippen molar-refractivity contribution in [3.05, 3.63) is 58.1 Å². The summed E-state index contributed by atoms with van der Waals surface area (Å²) in [5.41, 5.74) is 4.26. The molecule has 3 aliphatic rings. The van der Waals surface area contributed by atoms with Gasteiger partial charge in [-0.2, -0.15) is 0 Å². The van der Waals surface area contributed by atoms with Crippen molar-refractivity contribution in [2.75, 3.05) is 67.1 Å². The van der Waals surface area contributed by atoms with Gasteiger partial charge in [0.1, 0.15) is 0 Å². The summed E-state index contributed by atoms with van der Waals surface area (Å²) in [5.74, 6) is 0.460. The lowest BCUT2D eigenvalue weighted by Gasteiger charge is -2.40. The minimum absolute atomic E-state index is 0.131. The van der Waals surface area contributed by atoms with Gasteiger partial charge in [0, 0.05) is 88.0 Å². The average molecular weight is 507 g/mol. The molecule has 2 aromatic carbocycles. The third-order valence-electron chi connectivity index (χ3n) is 7.82. The first-order chi connectivity index (χ1) is 17.9. The highest BCUT2D eigenvalue weighted by Gasteiger charge is 2.27. The molecule has 0 atom stereocenters. The first kappa shape index (κ1) is 25.0. The largest absolute Gasteiger partial charge is 0.372 e. The number of amides is 3. The van der Waals surface area contributed by atoms with Crippen molar-refractivity contribution < 1.29 is 14.5 Å². The molecule has 3 fully saturated rings. The van der Waals surface area contributed by atoms with Gasteiger partial charge in [-0.3, -0.25) is 30.0 Å². The Kier molecular flexibility index (Phi) is 7.27. The fourth-order valence-corrected chi connectivity index (χ4v) is 5.65. The van der Waals surface area contributed by atoms with Crippen LogP contribution in [0.5, 0.6) is 0 Å². The van der Waals surface area contributed by atoms with Crippen LogP contribution in [0.25, 0.3) is 0 Å². The van der Waals surface area contributed by atoms with Crippen LogP contribution in [0.4, 0.5) is 27.5 Å². The van der Waals surface area contributed by atoms with Gasteiger partial charge in [0.25, 0.3) is 5.69 Å². The number of hydrogen-bond acceptors (Lipinski definition) is 7. The Labute approximate surface area is 217 Å². The quantitative estimate of drug-likeness (QED) is 0.473. The van der Waals surface area contributed by atoms with E-state index >= 15 is 0 Å². The molecule has 5 rings (SSSR count). The standard InChI is InChI=1S/C27H34N6O4/c1-20-18-24(6-7-25(20)32-13-10-26(34)28-27(32)35)30-11-8-21(9-12-30)19-29-14-16-31(17-15-29)22-2-4-23(5-3-22)33(36)37/h2-7,18,21H,8-17,19H2,1H3,(H,28,34,35). The summed E-state index contributed by atoms with van der Waals surface area (Å²) in [5, 5.41) is 13.3. The molecule has 0 radical (unpaired) electrons. The fraction of sp³-hybridized carbons (Fsp3) is 0.481. The van der Waals surface area contributed by atoms with Crippen molar-refractivity contribution in [1.82, 2.24) is 10.2 Å². The zero-order chi connectivity index (χ0) is 25.9. The van der Waals surface area contributed by atoms with Gasteiger partial charge in [0.15, 0.2) is 0 Å². The Morgan fingerprint density at radius 2 is 1.54 bits per heavy atom. The molecule has 0 aromatic heterocycles. The molecule has 0 spiro atoms. The van der Waals surface area contributed by atoms with Crippen LogP contribution in [0.15, 0.2) is 42.5 Å². The van der Waals surface area contributed by atoms with Gasteiger partial charge in [-0.05, 0) is 61.6 Å². The molecule has 3 aliphatic heterocycles. The van der Waals surface area contributed by atoms with Crippen LogP contribution in [-0.2, 0) is 4.79 Å². The fourth-order valence-electron chi connectivity index (χ4n) is 5.65. The van der Waals surface area contributed by atoms with E-state index in [9.17, 15) is 19.7 Å². The van der Waals surface area contributed by atoms with E-state index in [0.717, 1.165) is 75.6 Å². The first-order valence-corrected chi connectivity index (χ1v) is 13.1. The highest BCUT2D eigenvalue weighted by Crippen LogP contribution is 2.30. The second kappa shape index (κ2) is 10.8. The minimum atomic E-state index is -0.358. The molecule has 10 heteroatoms. The number of hydrogen-bond donors (Lipinski definition) is 1. The highest BCUT2D eigenvalue weighted by molar-refractivity contribution is 6.06. The summed E-state index contributed by atoms with van der Waals surface area (Å²) < 4.78 is 0. The number of imide groups is 1. The Hall–Kier alpha value is -3.66. The van der Waals surface area contributed by atoms with E-state index in [1.165, 1.54) is 5.69 Å². The number of anilines is 3. The molecule has 3 saturated heterocycles. The summed E-state index contributed by atoms with van der Waals surface area (Å²) in [6.07, 6.45) is 2.63. The Balaban J connectivity index is 1.09. The van der Waals surface area contributed by atoms with Crippen molar-refractivity contribution in [3.63, 3.8) is 0 Å². The molecule has 0 bridgehead atoms. The molecule has 1 N–H and O–H groups in total. The summed E-state index contributed by atoms with van der Waals surface area (Å²) in [6.45, 7) is 9.47. The SMILES string of the molecule is Cc1cc(N2CCC(CN3CCN(c4ccc([N+](=O)[O-])cc4)CC3)CC2)ccc1N1CCC(=O)NC1=O. The van der Waals surface area contributed by atoms with E-state index in [1.54, 1.807) is 17.0 Å². The molecular weight excluding hydrogens is 472 g/mol. The number of piperazine rings is 1. The van der Waals surface area contributed by atoms with Crippen molar-refractivity contribution in [1.29, 1.82) is 0 Å². The molecule has 10 nitrogen and oxygen atoms in total. The Morgan fingerprint density at radius 3 is 2.16 bits per heavy atom. The third kappa shape index (κ3) is 5.69. The molecule has 0 unspecified atom stereocenters. The first-order valence-electron chi connectivity index (χ1n) is 13.1. The molecule has 0 saturated carbocycles. The van der Waals surface area contributed by atoms with Crippen molar-refractivity contribution in [2.24, 2.45) is 5.92 Å². The normalized spacial score (nSPS) is 19.8. The number of nitrogens with zero attached hydrogens (tertiary/aromatic N) is 5. The number of nitro groups is 1. The number of benzene rings is 2. The maximum atomic E-state index is 12.2. The summed E-state index contributed by atoms with van der Waals surface area (Å²) >= 11 is 0. The highest BCUT2D eigenvalue weighted by atomic mass is 16.6. The number of carbonyl (C=O) groups is 2. The number of urea groups is 1. The maximum absolute atomic E-state index is 12.2. The van der Waals surface area contributed by atoms with Gasteiger partial charge in [0.05, 0.1) is 4.92 Å². The van der Waals surface area contributed by atoms with Crippen LogP contribution in [0, 0.1) is 23.0 Å². The van der Waals surface area contributed by atoms with Gasteiger partial charge in [-0.15, -0.1) is 0 Å². The van der Waals surface area contributed by atoms with Crippen LogP contribution in [0.1, 0.15) is 24.8 Å². The molecule has 37 heavy (non-hydrogen) atoms. The average Bonchev–Trinajstić information content (AvgIpc) is 2.90. The molecule has 3 heterocycles. The summed E-state index contributed by atoms with van der Waals surface area (Å²) in [4.78, 5) is 43.1. The second-order valence-electron chi connectivity index (χ2n) is 10.2. The number of carbonyl (C=O) groups excluding carboxylic acids is 2. The monoisotopic (exact) mass is 506 g/mol. The van der Waals surface area contributed by atoms with E-state index < -0.39 is 0 Å². The predicted octanol–water partition coefficient (Wildman–Crippen LogP) is 3.39. The van der Waals surface area contributed by atoms with Gasteiger partial charge in [-0.1, -0.05) is 0 Å². The Bertz CT molecular complexity index is 1150. The second-order valence-corrected chi connectivity index (χ2v) is 10.2. The topological polar surface area (TPSA) is 102 Å². The molecule has 196 valence electrons. The maximum Gasteiger partial charge on any atom is 0.328 e. The van der Waals surface area contributed by atoms with Gasteiger partial charge < -0.3 is 9.80 Å². The van der Waals surface area contributed by atoms with Gasteiger partial charge in [0.2, 0.25) is 5.91 Å². The minimum Gasteiger partial charge on any atom is -0.372 e. The zero-order valence-electron chi connectivity index (χ0n) is 21.3. The van der Waals surface area contributed by atoms with Crippen LogP contribution < -0.4 is 20.0 Å². The lowest BCUT2D eigenvalue weighted by atomic mass is 9.95. The molecule has 3 amide bonds. The van der Waals surface area contributed by atoms with E-state index in [0.29, 0.717) is 18.9 Å². The van der Waals surface area contributed by atoms with Crippen molar-refractivity contribution in [2.45, 2.75) is 26.2 Å². The number of piperidine rings is 1.